The van der Waals surface area contributed by atoms with Crippen LogP contribution in [0.2, 0.25) is 0 Å². The van der Waals surface area contributed by atoms with E-state index in [-0.39, 0.29) is 11.7 Å². The SMILES string of the molecule is CC(=O)NC(C=O)Cc1cccc(C(=N)N)c1. The number of rotatable bonds is 5. The maximum Gasteiger partial charge on any atom is 0.217 e. The number of carbonyl (C=O) groups excluding carboxylic acids is 2. The Morgan fingerprint density at radius 3 is 2.82 bits per heavy atom. The standard InChI is InChI=1S/C12H15N3O2/c1-8(17)15-11(7-16)6-9-3-2-4-10(5-9)12(13)14/h2-5,7,11H,6H2,1H3,(H3,13,14)(H,15,17). The van der Waals surface area contributed by atoms with Crippen LogP contribution < -0.4 is 11.1 Å². The molecule has 0 aromatic heterocycles. The van der Waals surface area contributed by atoms with Crippen molar-refractivity contribution in [2.75, 3.05) is 0 Å². The molecule has 0 aliphatic heterocycles. The number of nitrogens with one attached hydrogen (secondary N) is 2. The number of benzene rings is 1. The summed E-state index contributed by atoms with van der Waals surface area (Å²) in [7, 11) is 0. The fourth-order valence-electron chi connectivity index (χ4n) is 1.51. The molecule has 1 atom stereocenters. The van der Waals surface area contributed by atoms with Crippen LogP contribution in [0.3, 0.4) is 0 Å². The van der Waals surface area contributed by atoms with Crippen molar-refractivity contribution in [1.82, 2.24) is 5.32 Å². The highest BCUT2D eigenvalue weighted by Crippen LogP contribution is 2.07. The second-order valence-corrected chi connectivity index (χ2v) is 3.76. The third-order valence-electron chi connectivity index (χ3n) is 2.25. The van der Waals surface area contributed by atoms with Crippen LogP contribution >= 0.6 is 0 Å². The summed E-state index contributed by atoms with van der Waals surface area (Å²) < 4.78 is 0. The fraction of sp³-hybridized carbons (Fsp3) is 0.250. The first-order chi connectivity index (χ1) is 8.02. The number of amidine groups is 1. The smallest absolute Gasteiger partial charge is 0.217 e. The molecule has 1 aromatic rings. The monoisotopic (exact) mass is 233 g/mol. The third-order valence-corrected chi connectivity index (χ3v) is 2.25. The van der Waals surface area contributed by atoms with Crippen LogP contribution in [-0.2, 0) is 16.0 Å². The Kier molecular flexibility index (Phi) is 4.39. The van der Waals surface area contributed by atoms with Gasteiger partial charge in [0.2, 0.25) is 5.91 Å². The van der Waals surface area contributed by atoms with Crippen molar-refractivity contribution in [1.29, 1.82) is 5.41 Å². The zero-order chi connectivity index (χ0) is 12.8. The first-order valence-corrected chi connectivity index (χ1v) is 5.18. The Balaban J connectivity index is 2.79. The molecule has 4 N–H and O–H groups in total. The van der Waals surface area contributed by atoms with E-state index in [1.807, 2.05) is 6.07 Å². The summed E-state index contributed by atoms with van der Waals surface area (Å²) in [5.41, 5.74) is 6.83. The lowest BCUT2D eigenvalue weighted by atomic mass is 10.0. The van der Waals surface area contributed by atoms with Gasteiger partial charge in [-0.25, -0.2) is 0 Å². The minimum absolute atomic E-state index is 0.0194. The number of nitrogen functional groups attached to an aromatic ring is 1. The van der Waals surface area contributed by atoms with E-state index in [4.69, 9.17) is 11.1 Å². The van der Waals surface area contributed by atoms with Crippen LogP contribution in [0.4, 0.5) is 0 Å². The highest BCUT2D eigenvalue weighted by atomic mass is 16.2. The average molecular weight is 233 g/mol. The van der Waals surface area contributed by atoms with Gasteiger partial charge in [-0.05, 0) is 18.1 Å². The molecule has 1 rings (SSSR count). The molecule has 1 amide bonds. The average Bonchev–Trinajstić information content (AvgIpc) is 2.28. The van der Waals surface area contributed by atoms with Crippen LogP contribution in [0, 0.1) is 5.41 Å². The molecule has 90 valence electrons. The van der Waals surface area contributed by atoms with Crippen molar-refractivity contribution in [3.05, 3.63) is 35.4 Å². The van der Waals surface area contributed by atoms with E-state index < -0.39 is 6.04 Å². The number of amides is 1. The molecule has 0 saturated heterocycles. The third kappa shape index (κ3) is 4.06. The van der Waals surface area contributed by atoms with Crippen molar-refractivity contribution < 1.29 is 9.59 Å². The van der Waals surface area contributed by atoms with Gasteiger partial charge in [-0.2, -0.15) is 0 Å². The molecule has 0 fully saturated rings. The van der Waals surface area contributed by atoms with Gasteiger partial charge in [-0.15, -0.1) is 0 Å². The largest absolute Gasteiger partial charge is 0.384 e. The van der Waals surface area contributed by atoms with Gasteiger partial charge in [-0.3, -0.25) is 10.2 Å². The minimum Gasteiger partial charge on any atom is -0.384 e. The molecule has 0 bridgehead atoms. The Bertz CT molecular complexity index is 443. The molecule has 0 radical (unpaired) electrons. The summed E-state index contributed by atoms with van der Waals surface area (Å²) in [6.45, 7) is 1.36. The summed E-state index contributed by atoms with van der Waals surface area (Å²) in [4.78, 5) is 21.6. The van der Waals surface area contributed by atoms with E-state index in [0.717, 1.165) is 5.56 Å². The van der Waals surface area contributed by atoms with Crippen molar-refractivity contribution in [3.8, 4) is 0 Å². The minimum atomic E-state index is -0.547. The highest BCUT2D eigenvalue weighted by molar-refractivity contribution is 5.95. The van der Waals surface area contributed by atoms with E-state index in [1.54, 1.807) is 18.2 Å². The van der Waals surface area contributed by atoms with Crippen molar-refractivity contribution in [2.24, 2.45) is 5.73 Å². The fourth-order valence-corrected chi connectivity index (χ4v) is 1.51. The van der Waals surface area contributed by atoms with Crippen molar-refractivity contribution in [3.63, 3.8) is 0 Å². The normalized spacial score (nSPS) is 11.6. The number of aldehydes is 1. The molecule has 5 heteroatoms. The topological polar surface area (TPSA) is 96.0 Å². The van der Waals surface area contributed by atoms with Gasteiger partial charge in [0.05, 0.1) is 6.04 Å². The predicted molar refractivity (Wildman–Crippen MR) is 64.8 cm³/mol. The molecule has 0 spiro atoms. The molecule has 1 unspecified atom stereocenters. The Morgan fingerprint density at radius 2 is 2.29 bits per heavy atom. The van der Waals surface area contributed by atoms with Crippen LogP contribution in [0.5, 0.6) is 0 Å². The van der Waals surface area contributed by atoms with E-state index in [2.05, 4.69) is 5.32 Å². The second kappa shape index (κ2) is 5.79. The zero-order valence-corrected chi connectivity index (χ0v) is 9.57. The van der Waals surface area contributed by atoms with Gasteiger partial charge < -0.3 is 15.8 Å². The van der Waals surface area contributed by atoms with Crippen LogP contribution in [0.25, 0.3) is 0 Å². The van der Waals surface area contributed by atoms with E-state index in [0.29, 0.717) is 18.3 Å². The quantitative estimate of drug-likeness (QED) is 0.385. The number of carbonyl (C=O) groups is 2. The van der Waals surface area contributed by atoms with Crippen LogP contribution in [-0.4, -0.2) is 24.1 Å². The lowest BCUT2D eigenvalue weighted by molar-refractivity contribution is -0.122. The van der Waals surface area contributed by atoms with Gasteiger partial charge in [0, 0.05) is 12.5 Å². The van der Waals surface area contributed by atoms with Crippen LogP contribution in [0.15, 0.2) is 24.3 Å². The lowest BCUT2D eigenvalue weighted by Crippen LogP contribution is -2.36. The van der Waals surface area contributed by atoms with Crippen molar-refractivity contribution >= 4 is 18.0 Å². The number of nitrogens with two attached hydrogens (primary N) is 1. The van der Waals surface area contributed by atoms with E-state index in [9.17, 15) is 9.59 Å². The van der Waals surface area contributed by atoms with Gasteiger partial charge >= 0.3 is 0 Å². The maximum absolute atomic E-state index is 10.9. The maximum atomic E-state index is 10.9. The summed E-state index contributed by atoms with van der Waals surface area (Å²) in [6, 6.07) is 6.50. The lowest BCUT2D eigenvalue weighted by Gasteiger charge is -2.11. The van der Waals surface area contributed by atoms with Gasteiger partial charge in [-0.1, -0.05) is 18.2 Å². The van der Waals surface area contributed by atoms with Crippen molar-refractivity contribution in [2.45, 2.75) is 19.4 Å². The molecule has 0 aliphatic rings. The van der Waals surface area contributed by atoms with Gasteiger partial charge in [0.1, 0.15) is 12.1 Å². The predicted octanol–water partition coefficient (Wildman–Crippen LogP) is 0.217. The Hall–Kier alpha value is -2.17. The molecule has 0 saturated carbocycles. The van der Waals surface area contributed by atoms with Crippen LogP contribution in [0.1, 0.15) is 18.1 Å². The first kappa shape index (κ1) is 12.9. The molecular weight excluding hydrogens is 218 g/mol. The first-order valence-electron chi connectivity index (χ1n) is 5.18. The van der Waals surface area contributed by atoms with Gasteiger partial charge in [0.15, 0.2) is 0 Å². The van der Waals surface area contributed by atoms with E-state index >= 15 is 0 Å². The van der Waals surface area contributed by atoms with E-state index in [1.165, 1.54) is 6.92 Å². The summed E-state index contributed by atoms with van der Waals surface area (Å²) in [6.07, 6.45) is 1.09. The summed E-state index contributed by atoms with van der Waals surface area (Å²) >= 11 is 0. The van der Waals surface area contributed by atoms with Gasteiger partial charge in [0.25, 0.3) is 0 Å². The number of hydrogen-bond donors (Lipinski definition) is 3. The second-order valence-electron chi connectivity index (χ2n) is 3.76. The summed E-state index contributed by atoms with van der Waals surface area (Å²) in [5, 5.41) is 9.85. The molecule has 0 aliphatic carbocycles. The molecular formula is C12H15N3O2. The molecule has 1 aromatic carbocycles. The zero-order valence-electron chi connectivity index (χ0n) is 9.57. The molecule has 0 heterocycles. The molecule has 17 heavy (non-hydrogen) atoms. The molecule has 5 nitrogen and oxygen atoms in total. The number of hydrogen-bond acceptors (Lipinski definition) is 3. The Morgan fingerprint density at radius 1 is 1.59 bits per heavy atom. The summed E-state index contributed by atoms with van der Waals surface area (Å²) in [5.74, 6) is -0.265. The Labute approximate surface area is 99.5 Å². The highest BCUT2D eigenvalue weighted by Gasteiger charge is 2.09.